The molecule has 2 rings (SSSR count). The molecule has 3 nitrogen and oxygen atoms in total. The Labute approximate surface area is 105 Å². The van der Waals surface area contributed by atoms with Gasteiger partial charge >= 0.3 is 0 Å². The van der Waals surface area contributed by atoms with Gasteiger partial charge in [-0.3, -0.25) is 0 Å². The maximum Gasteiger partial charge on any atom is 0.0500 e. The first kappa shape index (κ1) is 13.3. The molecule has 2 saturated heterocycles. The summed E-state index contributed by atoms with van der Waals surface area (Å²) in [7, 11) is 0. The second-order valence-electron chi connectivity index (χ2n) is 5.89. The second kappa shape index (κ2) is 6.72. The van der Waals surface area contributed by atoms with Crippen LogP contribution in [0.3, 0.4) is 0 Å². The third kappa shape index (κ3) is 3.94. The Hall–Kier alpha value is -0.120. The van der Waals surface area contributed by atoms with E-state index in [1.54, 1.807) is 0 Å². The summed E-state index contributed by atoms with van der Waals surface area (Å²) in [5.41, 5.74) is 0.204. The molecule has 0 saturated carbocycles. The summed E-state index contributed by atoms with van der Waals surface area (Å²) >= 11 is 0. The zero-order chi connectivity index (χ0) is 12.0. The minimum Gasteiger partial charge on any atom is -0.396 e. The van der Waals surface area contributed by atoms with Gasteiger partial charge in [0.1, 0.15) is 0 Å². The SMILES string of the molecule is OCC1(CCCCC2CCOCC2)CCNC1. The number of hydrogen-bond acceptors (Lipinski definition) is 3. The Balaban J connectivity index is 1.58. The number of rotatable bonds is 6. The van der Waals surface area contributed by atoms with Gasteiger partial charge in [0.2, 0.25) is 0 Å². The highest BCUT2D eigenvalue weighted by atomic mass is 16.5. The lowest BCUT2D eigenvalue weighted by Gasteiger charge is -2.26. The normalized spacial score (nSPS) is 30.9. The number of hydrogen-bond donors (Lipinski definition) is 2. The van der Waals surface area contributed by atoms with Crippen molar-refractivity contribution in [2.24, 2.45) is 11.3 Å². The number of aliphatic hydroxyl groups is 1. The molecule has 0 spiro atoms. The van der Waals surface area contributed by atoms with Gasteiger partial charge in [0.05, 0.1) is 0 Å². The van der Waals surface area contributed by atoms with Crippen molar-refractivity contribution in [2.75, 3.05) is 32.9 Å². The van der Waals surface area contributed by atoms with Gasteiger partial charge in [0, 0.05) is 31.8 Å². The monoisotopic (exact) mass is 241 g/mol. The molecule has 0 aromatic carbocycles. The molecule has 100 valence electrons. The van der Waals surface area contributed by atoms with Crippen LogP contribution >= 0.6 is 0 Å². The van der Waals surface area contributed by atoms with Crippen LogP contribution in [0.4, 0.5) is 0 Å². The Morgan fingerprint density at radius 2 is 2.06 bits per heavy atom. The summed E-state index contributed by atoms with van der Waals surface area (Å²) in [4.78, 5) is 0. The highest BCUT2D eigenvalue weighted by molar-refractivity contribution is 4.87. The lowest BCUT2D eigenvalue weighted by molar-refractivity contribution is 0.0623. The van der Waals surface area contributed by atoms with Gasteiger partial charge in [0.25, 0.3) is 0 Å². The quantitative estimate of drug-likeness (QED) is 0.698. The number of aliphatic hydroxyl groups excluding tert-OH is 1. The zero-order valence-corrected chi connectivity index (χ0v) is 10.9. The molecule has 0 bridgehead atoms. The van der Waals surface area contributed by atoms with E-state index in [9.17, 15) is 5.11 Å². The first-order valence-corrected chi connectivity index (χ1v) is 7.24. The van der Waals surface area contributed by atoms with Gasteiger partial charge in [0.15, 0.2) is 0 Å². The van der Waals surface area contributed by atoms with Gasteiger partial charge in [-0.2, -0.15) is 0 Å². The molecule has 0 radical (unpaired) electrons. The Morgan fingerprint density at radius 3 is 2.71 bits per heavy atom. The second-order valence-corrected chi connectivity index (χ2v) is 5.89. The molecule has 2 N–H and O–H groups in total. The van der Waals surface area contributed by atoms with Crippen LogP contribution in [0, 0.1) is 11.3 Å². The highest BCUT2D eigenvalue weighted by Crippen LogP contribution is 2.32. The lowest BCUT2D eigenvalue weighted by Crippen LogP contribution is -2.28. The molecule has 3 heteroatoms. The standard InChI is InChI=1S/C14H27NO2/c16-12-14(7-8-15-11-14)6-2-1-3-13-4-9-17-10-5-13/h13,15-16H,1-12H2. The van der Waals surface area contributed by atoms with Crippen LogP contribution in [0.25, 0.3) is 0 Å². The van der Waals surface area contributed by atoms with Crippen LogP contribution in [-0.4, -0.2) is 38.0 Å². The average Bonchev–Trinajstić information content (AvgIpc) is 2.85. The lowest BCUT2D eigenvalue weighted by atomic mass is 9.82. The van der Waals surface area contributed by atoms with E-state index in [4.69, 9.17) is 4.74 Å². The third-order valence-corrected chi connectivity index (χ3v) is 4.58. The smallest absolute Gasteiger partial charge is 0.0500 e. The minimum atomic E-state index is 0.204. The summed E-state index contributed by atoms with van der Waals surface area (Å²) in [6.07, 6.45) is 8.82. The van der Waals surface area contributed by atoms with Crippen molar-refractivity contribution in [2.45, 2.75) is 44.9 Å². The third-order valence-electron chi connectivity index (χ3n) is 4.58. The molecule has 0 aromatic rings. The van der Waals surface area contributed by atoms with Gasteiger partial charge < -0.3 is 15.2 Å². The molecule has 0 aromatic heterocycles. The van der Waals surface area contributed by atoms with E-state index in [2.05, 4.69) is 5.32 Å². The Bertz CT molecular complexity index is 208. The Morgan fingerprint density at radius 1 is 1.24 bits per heavy atom. The van der Waals surface area contributed by atoms with Gasteiger partial charge in [-0.05, 0) is 38.1 Å². The van der Waals surface area contributed by atoms with Crippen molar-refractivity contribution in [3.63, 3.8) is 0 Å². The zero-order valence-electron chi connectivity index (χ0n) is 10.9. The number of unbranched alkanes of at least 4 members (excludes halogenated alkanes) is 1. The van der Waals surface area contributed by atoms with Gasteiger partial charge in [-0.1, -0.05) is 19.3 Å². The van der Waals surface area contributed by atoms with Crippen LogP contribution in [-0.2, 0) is 4.74 Å². The summed E-state index contributed by atoms with van der Waals surface area (Å²) < 4.78 is 5.38. The van der Waals surface area contributed by atoms with Gasteiger partial charge in [-0.15, -0.1) is 0 Å². The number of ether oxygens (including phenoxy) is 1. The van der Waals surface area contributed by atoms with Crippen molar-refractivity contribution in [1.82, 2.24) is 5.32 Å². The molecule has 2 aliphatic heterocycles. The predicted molar refractivity (Wildman–Crippen MR) is 69.0 cm³/mol. The summed E-state index contributed by atoms with van der Waals surface area (Å²) in [6, 6.07) is 0. The topological polar surface area (TPSA) is 41.5 Å². The van der Waals surface area contributed by atoms with Crippen molar-refractivity contribution >= 4 is 0 Å². The molecule has 0 aliphatic carbocycles. The molecule has 2 fully saturated rings. The molecule has 1 unspecified atom stereocenters. The average molecular weight is 241 g/mol. The van der Waals surface area contributed by atoms with Crippen molar-refractivity contribution in [1.29, 1.82) is 0 Å². The van der Waals surface area contributed by atoms with E-state index in [1.165, 1.54) is 38.5 Å². The van der Waals surface area contributed by atoms with Crippen LogP contribution in [0.1, 0.15) is 44.9 Å². The fourth-order valence-electron chi connectivity index (χ4n) is 3.19. The summed E-state index contributed by atoms with van der Waals surface area (Å²) in [6.45, 7) is 4.39. The molecule has 1 atom stereocenters. The van der Waals surface area contributed by atoms with Crippen molar-refractivity contribution < 1.29 is 9.84 Å². The van der Waals surface area contributed by atoms with E-state index in [-0.39, 0.29) is 5.41 Å². The molecular weight excluding hydrogens is 214 g/mol. The largest absolute Gasteiger partial charge is 0.396 e. The van der Waals surface area contributed by atoms with Crippen LogP contribution in [0.5, 0.6) is 0 Å². The van der Waals surface area contributed by atoms with E-state index in [0.717, 1.165) is 38.6 Å². The van der Waals surface area contributed by atoms with E-state index in [0.29, 0.717) is 6.61 Å². The van der Waals surface area contributed by atoms with Crippen LogP contribution < -0.4 is 5.32 Å². The summed E-state index contributed by atoms with van der Waals surface area (Å²) in [5.74, 6) is 0.899. The molecule has 2 heterocycles. The van der Waals surface area contributed by atoms with Gasteiger partial charge in [-0.25, -0.2) is 0 Å². The minimum absolute atomic E-state index is 0.204. The molecule has 2 aliphatic rings. The van der Waals surface area contributed by atoms with Crippen LogP contribution in [0.15, 0.2) is 0 Å². The van der Waals surface area contributed by atoms with E-state index < -0.39 is 0 Å². The first-order valence-electron chi connectivity index (χ1n) is 7.24. The van der Waals surface area contributed by atoms with E-state index >= 15 is 0 Å². The Kier molecular flexibility index (Phi) is 5.26. The summed E-state index contributed by atoms with van der Waals surface area (Å²) in [5, 5.41) is 12.9. The fourth-order valence-corrected chi connectivity index (χ4v) is 3.19. The predicted octanol–water partition coefficient (Wildman–Crippen LogP) is 1.95. The van der Waals surface area contributed by atoms with Crippen molar-refractivity contribution in [3.05, 3.63) is 0 Å². The molecule has 0 amide bonds. The highest BCUT2D eigenvalue weighted by Gasteiger charge is 2.32. The fraction of sp³-hybridized carbons (Fsp3) is 1.00. The molecular formula is C14H27NO2. The maximum atomic E-state index is 9.51. The van der Waals surface area contributed by atoms with Crippen LogP contribution in [0.2, 0.25) is 0 Å². The van der Waals surface area contributed by atoms with E-state index in [1.807, 2.05) is 0 Å². The number of nitrogens with one attached hydrogen (secondary N) is 1. The molecule has 17 heavy (non-hydrogen) atoms. The first-order chi connectivity index (χ1) is 8.35. The van der Waals surface area contributed by atoms with Crippen molar-refractivity contribution in [3.8, 4) is 0 Å². The maximum absolute atomic E-state index is 9.51.